The second-order valence-electron chi connectivity index (χ2n) is 7.88. The fourth-order valence-electron chi connectivity index (χ4n) is 4.12. The maximum Gasteiger partial charge on any atom is 0.261 e. The summed E-state index contributed by atoms with van der Waals surface area (Å²) in [5, 5.41) is 15.6. The molecule has 5 rings (SSSR count). The normalized spacial score (nSPS) is 15.0. The van der Waals surface area contributed by atoms with Crippen molar-refractivity contribution in [1.82, 2.24) is 25.6 Å². The Kier molecular flexibility index (Phi) is 5.63. The molecule has 0 unspecified atom stereocenters. The number of imidazole rings is 1. The third-order valence-electron chi connectivity index (χ3n) is 5.73. The van der Waals surface area contributed by atoms with Crippen LogP contribution in [0.2, 0.25) is 0 Å². The number of pyridine rings is 1. The molecule has 162 valence electrons. The first-order valence-electron chi connectivity index (χ1n) is 10.7. The molecule has 1 fully saturated rings. The third-order valence-corrected chi connectivity index (χ3v) is 6.66. The van der Waals surface area contributed by atoms with Crippen molar-refractivity contribution in [2.45, 2.75) is 18.9 Å². The van der Waals surface area contributed by atoms with E-state index in [9.17, 15) is 4.79 Å². The summed E-state index contributed by atoms with van der Waals surface area (Å²) in [6.07, 6.45) is 2.06. The summed E-state index contributed by atoms with van der Waals surface area (Å²) in [5.41, 5.74) is 4.96. The number of aromatic amines is 2. The molecule has 0 radical (unpaired) electrons. The number of benzene rings is 1. The number of nitrogens with zero attached hydrogens (tertiary/aromatic N) is 1. The van der Waals surface area contributed by atoms with Crippen LogP contribution in [-0.4, -0.2) is 54.2 Å². The molecular formula is C22H27N7OS. The molecule has 3 aromatic heterocycles. The van der Waals surface area contributed by atoms with Gasteiger partial charge in [-0.05, 0) is 62.6 Å². The number of hydrogen-bond donors (Lipinski definition) is 6. The van der Waals surface area contributed by atoms with Crippen molar-refractivity contribution in [3.8, 4) is 11.4 Å². The summed E-state index contributed by atoms with van der Waals surface area (Å²) in [4.78, 5) is 24.3. The number of fused-ring (bicyclic) bond motifs is 2. The van der Waals surface area contributed by atoms with Gasteiger partial charge in [0.15, 0.2) is 0 Å². The Morgan fingerprint density at radius 2 is 2.00 bits per heavy atom. The lowest BCUT2D eigenvalue weighted by Crippen LogP contribution is -2.35. The molecule has 0 bridgehead atoms. The highest BCUT2D eigenvalue weighted by Gasteiger charge is 2.22. The summed E-state index contributed by atoms with van der Waals surface area (Å²) < 4.78 is 1.06. The standard InChI is InChI=1S/C22H27N7OS/c1-23-9-10-25-14-2-3-15-17(12-14)28-21(27-15)18-19(26-13-4-7-24-8-5-13)20-16(6-11-31-20)29-22(18)30/h2-3,6,11-13,23-25H,4-5,7-10H2,1H3,(H,27,28)(H2,26,29,30). The summed E-state index contributed by atoms with van der Waals surface area (Å²) in [5.74, 6) is 0.593. The van der Waals surface area contributed by atoms with Gasteiger partial charge in [0.2, 0.25) is 0 Å². The molecule has 0 saturated carbocycles. The van der Waals surface area contributed by atoms with Crippen molar-refractivity contribution in [2.24, 2.45) is 0 Å². The predicted octanol–water partition coefficient (Wildman–Crippen LogP) is 2.93. The van der Waals surface area contributed by atoms with E-state index in [1.165, 1.54) is 0 Å². The Balaban J connectivity index is 1.57. The molecule has 1 saturated heterocycles. The van der Waals surface area contributed by atoms with Crippen LogP contribution in [0.15, 0.2) is 34.4 Å². The van der Waals surface area contributed by atoms with Crippen LogP contribution in [0.3, 0.4) is 0 Å². The minimum Gasteiger partial charge on any atom is -0.384 e. The Morgan fingerprint density at radius 1 is 1.13 bits per heavy atom. The highest BCUT2D eigenvalue weighted by atomic mass is 32.1. The van der Waals surface area contributed by atoms with Gasteiger partial charge in [-0.25, -0.2) is 4.98 Å². The zero-order valence-electron chi connectivity index (χ0n) is 17.5. The minimum atomic E-state index is -0.131. The van der Waals surface area contributed by atoms with E-state index in [-0.39, 0.29) is 5.56 Å². The third kappa shape index (κ3) is 4.04. The van der Waals surface area contributed by atoms with Gasteiger partial charge in [-0.15, -0.1) is 11.3 Å². The SMILES string of the molecule is CNCCNc1ccc2nc(-c3c(NC4CCNCC4)c4sccc4[nH]c3=O)[nH]c2c1. The minimum absolute atomic E-state index is 0.131. The summed E-state index contributed by atoms with van der Waals surface area (Å²) in [6, 6.07) is 8.33. The van der Waals surface area contributed by atoms with Gasteiger partial charge in [-0.2, -0.15) is 0 Å². The maximum atomic E-state index is 13.1. The highest BCUT2D eigenvalue weighted by Crippen LogP contribution is 2.35. The smallest absolute Gasteiger partial charge is 0.261 e. The number of piperidine rings is 1. The van der Waals surface area contributed by atoms with Crippen LogP contribution in [0.5, 0.6) is 0 Å². The van der Waals surface area contributed by atoms with E-state index in [1.54, 1.807) is 11.3 Å². The molecule has 1 aliphatic rings. The van der Waals surface area contributed by atoms with Crippen molar-refractivity contribution < 1.29 is 0 Å². The second kappa shape index (κ2) is 8.70. The topological polar surface area (TPSA) is 110 Å². The molecular weight excluding hydrogens is 410 g/mol. The Labute approximate surface area is 183 Å². The lowest BCUT2D eigenvalue weighted by Gasteiger charge is -2.25. The molecule has 31 heavy (non-hydrogen) atoms. The molecule has 0 spiro atoms. The fraction of sp³-hybridized carbons (Fsp3) is 0.364. The van der Waals surface area contributed by atoms with Crippen molar-refractivity contribution in [3.05, 3.63) is 40.0 Å². The lowest BCUT2D eigenvalue weighted by molar-refractivity contribution is 0.479. The van der Waals surface area contributed by atoms with Crippen LogP contribution in [0.4, 0.5) is 11.4 Å². The molecule has 4 aromatic rings. The van der Waals surface area contributed by atoms with Gasteiger partial charge < -0.3 is 31.2 Å². The number of rotatable bonds is 7. The number of aromatic nitrogens is 3. The van der Waals surface area contributed by atoms with E-state index in [2.05, 4.69) is 31.2 Å². The zero-order chi connectivity index (χ0) is 21.2. The number of nitrogens with one attached hydrogen (secondary N) is 6. The van der Waals surface area contributed by atoms with Gasteiger partial charge in [-0.1, -0.05) is 0 Å². The van der Waals surface area contributed by atoms with Crippen molar-refractivity contribution in [2.75, 3.05) is 43.9 Å². The molecule has 0 amide bonds. The molecule has 8 nitrogen and oxygen atoms in total. The van der Waals surface area contributed by atoms with Crippen molar-refractivity contribution >= 4 is 44.0 Å². The largest absolute Gasteiger partial charge is 0.384 e. The number of thiophene rings is 1. The summed E-state index contributed by atoms with van der Waals surface area (Å²) in [7, 11) is 1.93. The predicted molar refractivity (Wildman–Crippen MR) is 129 cm³/mol. The first-order valence-corrected chi connectivity index (χ1v) is 11.6. The molecule has 6 N–H and O–H groups in total. The van der Waals surface area contributed by atoms with Crippen LogP contribution in [0.25, 0.3) is 32.6 Å². The Bertz CT molecular complexity index is 1250. The van der Waals surface area contributed by atoms with E-state index < -0.39 is 0 Å². The summed E-state index contributed by atoms with van der Waals surface area (Å²) >= 11 is 1.63. The average molecular weight is 438 g/mol. The molecule has 1 aromatic carbocycles. The lowest BCUT2D eigenvalue weighted by atomic mass is 10.1. The number of likely N-dealkylation sites (N-methyl/N-ethyl adjacent to an activating group) is 1. The number of hydrogen-bond acceptors (Lipinski definition) is 7. The van der Waals surface area contributed by atoms with Gasteiger partial charge in [0, 0.05) is 24.8 Å². The van der Waals surface area contributed by atoms with Crippen LogP contribution in [-0.2, 0) is 0 Å². The van der Waals surface area contributed by atoms with Gasteiger partial charge in [-0.3, -0.25) is 4.79 Å². The molecule has 1 aliphatic heterocycles. The van der Waals surface area contributed by atoms with Crippen LogP contribution in [0, 0.1) is 0 Å². The van der Waals surface area contributed by atoms with E-state index in [1.807, 2.05) is 36.7 Å². The van der Waals surface area contributed by atoms with E-state index in [4.69, 9.17) is 4.98 Å². The van der Waals surface area contributed by atoms with Gasteiger partial charge in [0.05, 0.1) is 26.9 Å². The van der Waals surface area contributed by atoms with E-state index in [0.717, 1.165) is 71.6 Å². The number of H-pyrrole nitrogens is 2. The quantitative estimate of drug-likeness (QED) is 0.248. The Hall–Kier alpha value is -2.88. The Morgan fingerprint density at radius 3 is 2.84 bits per heavy atom. The summed E-state index contributed by atoms with van der Waals surface area (Å²) in [6.45, 7) is 3.69. The van der Waals surface area contributed by atoms with Gasteiger partial charge in [0.25, 0.3) is 5.56 Å². The van der Waals surface area contributed by atoms with Crippen LogP contribution >= 0.6 is 11.3 Å². The average Bonchev–Trinajstić information content (AvgIpc) is 3.41. The molecule has 0 aliphatic carbocycles. The monoisotopic (exact) mass is 437 g/mol. The van der Waals surface area contributed by atoms with Crippen LogP contribution < -0.4 is 26.8 Å². The molecule has 0 atom stereocenters. The van der Waals surface area contributed by atoms with Crippen molar-refractivity contribution in [1.29, 1.82) is 0 Å². The second-order valence-corrected chi connectivity index (χ2v) is 8.80. The van der Waals surface area contributed by atoms with E-state index >= 15 is 0 Å². The highest BCUT2D eigenvalue weighted by molar-refractivity contribution is 7.17. The fourth-order valence-corrected chi connectivity index (χ4v) is 4.98. The van der Waals surface area contributed by atoms with Gasteiger partial charge >= 0.3 is 0 Å². The first kappa shape index (κ1) is 20.0. The van der Waals surface area contributed by atoms with Crippen molar-refractivity contribution in [3.63, 3.8) is 0 Å². The molecule has 4 heterocycles. The van der Waals surface area contributed by atoms with Crippen LogP contribution in [0.1, 0.15) is 12.8 Å². The van der Waals surface area contributed by atoms with Gasteiger partial charge in [0.1, 0.15) is 11.4 Å². The maximum absolute atomic E-state index is 13.1. The first-order chi connectivity index (χ1) is 15.2. The zero-order valence-corrected chi connectivity index (χ0v) is 18.3. The molecule has 9 heteroatoms. The number of anilines is 2. The van der Waals surface area contributed by atoms with E-state index in [0.29, 0.717) is 17.4 Å².